The molecule has 0 radical (unpaired) electrons. The molecule has 1 aromatic carbocycles. The lowest BCUT2D eigenvalue weighted by molar-refractivity contribution is 0.797. The zero-order valence-corrected chi connectivity index (χ0v) is 12.2. The normalized spacial score (nSPS) is 11.2. The number of benzene rings is 1. The highest BCUT2D eigenvalue weighted by molar-refractivity contribution is 9.10. The Hall–Kier alpha value is -1.17. The quantitative estimate of drug-likeness (QED) is 0.770. The summed E-state index contributed by atoms with van der Waals surface area (Å²) in [6, 6.07) is 8.42. The topological polar surface area (TPSA) is 40.7 Å². The van der Waals surface area contributed by atoms with E-state index < -0.39 is 0 Å². The monoisotopic (exact) mass is 321 g/mol. The molecule has 0 aliphatic heterocycles. The van der Waals surface area contributed by atoms with Gasteiger partial charge in [-0.25, -0.2) is 4.98 Å². The van der Waals surface area contributed by atoms with Crippen LogP contribution in [0.15, 0.2) is 34.4 Å². The summed E-state index contributed by atoms with van der Waals surface area (Å²) in [5.74, 6) is 0. The van der Waals surface area contributed by atoms with Crippen LogP contribution < -0.4 is 5.32 Å². The van der Waals surface area contributed by atoms with Crippen LogP contribution in [-0.4, -0.2) is 17.0 Å². The lowest BCUT2D eigenvalue weighted by Crippen LogP contribution is -2.06. The molecular formula is C13H12BrN3S. The number of thiophene rings is 1. The average Bonchev–Trinajstić information content (AvgIpc) is 2.93. The minimum atomic E-state index is 0.776. The third-order valence-electron chi connectivity index (χ3n) is 2.84. The number of aromatic nitrogens is 2. The van der Waals surface area contributed by atoms with Gasteiger partial charge >= 0.3 is 0 Å². The Morgan fingerprint density at radius 1 is 1.39 bits per heavy atom. The molecule has 18 heavy (non-hydrogen) atoms. The summed E-state index contributed by atoms with van der Waals surface area (Å²) in [5, 5.41) is 6.59. The highest BCUT2D eigenvalue weighted by Gasteiger charge is 2.14. The van der Waals surface area contributed by atoms with Crippen molar-refractivity contribution in [2.24, 2.45) is 0 Å². The Kier molecular flexibility index (Phi) is 3.20. The van der Waals surface area contributed by atoms with Gasteiger partial charge in [-0.3, -0.25) is 0 Å². The number of H-pyrrole nitrogens is 1. The minimum absolute atomic E-state index is 0.776. The third-order valence-corrected chi connectivity index (χ3v) is 4.18. The maximum atomic E-state index is 4.55. The smallest absolute Gasteiger partial charge is 0.175 e. The number of nitrogens with one attached hydrogen (secondary N) is 2. The fraction of sp³-hybridized carbons (Fsp3) is 0.154. The molecule has 0 bridgehead atoms. The highest BCUT2D eigenvalue weighted by atomic mass is 79.9. The van der Waals surface area contributed by atoms with Crippen LogP contribution in [0.4, 0.5) is 0 Å². The number of fused-ring (bicyclic) bond motifs is 1. The molecule has 2 heterocycles. The van der Waals surface area contributed by atoms with Gasteiger partial charge < -0.3 is 10.3 Å². The van der Waals surface area contributed by atoms with Crippen LogP contribution in [0.3, 0.4) is 0 Å². The van der Waals surface area contributed by atoms with E-state index in [-0.39, 0.29) is 0 Å². The van der Waals surface area contributed by atoms with Crippen molar-refractivity contribution in [3.63, 3.8) is 0 Å². The predicted molar refractivity (Wildman–Crippen MR) is 79.9 cm³/mol. The lowest BCUT2D eigenvalue weighted by Gasteiger charge is -2.00. The van der Waals surface area contributed by atoms with Crippen molar-refractivity contribution in [1.29, 1.82) is 0 Å². The van der Waals surface area contributed by atoms with Crippen LogP contribution in [0.25, 0.3) is 21.3 Å². The van der Waals surface area contributed by atoms with Crippen molar-refractivity contribution in [3.8, 4) is 11.3 Å². The van der Waals surface area contributed by atoms with Crippen LogP contribution in [-0.2, 0) is 6.54 Å². The number of nitrogens with zero attached hydrogens (tertiary/aromatic N) is 1. The molecule has 0 atom stereocenters. The van der Waals surface area contributed by atoms with Crippen LogP contribution in [0, 0.1) is 0 Å². The molecule has 2 N–H and O–H groups in total. The standard InChI is InChI=1S/C13H12BrN3S/c1-15-6-10-12(17-13(14)16-10)9-7-18-11-5-3-2-4-8(9)11/h2-5,7,15H,6H2,1H3,(H,16,17). The van der Waals surface area contributed by atoms with Crippen molar-refractivity contribution < 1.29 is 0 Å². The number of aromatic amines is 1. The van der Waals surface area contributed by atoms with E-state index in [1.54, 1.807) is 11.3 Å². The van der Waals surface area contributed by atoms with Gasteiger partial charge in [0.05, 0.1) is 11.4 Å². The summed E-state index contributed by atoms with van der Waals surface area (Å²) in [7, 11) is 1.93. The first-order valence-corrected chi connectivity index (χ1v) is 7.32. The number of hydrogen-bond donors (Lipinski definition) is 2. The molecule has 3 nitrogen and oxygen atoms in total. The Morgan fingerprint density at radius 2 is 2.22 bits per heavy atom. The first kappa shape index (κ1) is 11.9. The van der Waals surface area contributed by atoms with Crippen LogP contribution in [0.1, 0.15) is 5.69 Å². The average molecular weight is 322 g/mol. The number of rotatable bonds is 3. The van der Waals surface area contributed by atoms with E-state index in [0.29, 0.717) is 0 Å². The number of hydrogen-bond acceptors (Lipinski definition) is 3. The molecule has 0 fully saturated rings. The largest absolute Gasteiger partial charge is 0.335 e. The second-order valence-electron chi connectivity index (χ2n) is 4.03. The zero-order valence-electron chi connectivity index (χ0n) is 9.83. The molecule has 0 aliphatic carbocycles. The molecule has 0 unspecified atom stereocenters. The van der Waals surface area contributed by atoms with Gasteiger partial charge in [0, 0.05) is 27.6 Å². The van der Waals surface area contributed by atoms with Gasteiger partial charge in [0.2, 0.25) is 0 Å². The molecule has 2 aromatic heterocycles. The number of halogens is 1. The molecular weight excluding hydrogens is 310 g/mol. The third kappa shape index (κ3) is 1.98. The second-order valence-corrected chi connectivity index (χ2v) is 5.69. The summed E-state index contributed by atoms with van der Waals surface area (Å²) < 4.78 is 2.07. The van der Waals surface area contributed by atoms with Gasteiger partial charge in [-0.1, -0.05) is 18.2 Å². The van der Waals surface area contributed by atoms with E-state index in [0.717, 1.165) is 22.7 Å². The summed E-state index contributed by atoms with van der Waals surface area (Å²) in [4.78, 5) is 7.80. The zero-order chi connectivity index (χ0) is 12.5. The van der Waals surface area contributed by atoms with Crippen molar-refractivity contribution in [2.75, 3.05) is 7.05 Å². The Morgan fingerprint density at radius 3 is 3.06 bits per heavy atom. The minimum Gasteiger partial charge on any atom is -0.335 e. The second kappa shape index (κ2) is 4.84. The molecule has 0 saturated carbocycles. The highest BCUT2D eigenvalue weighted by Crippen LogP contribution is 2.35. The molecule has 92 valence electrons. The summed E-state index contributed by atoms with van der Waals surface area (Å²) in [6.45, 7) is 0.776. The fourth-order valence-electron chi connectivity index (χ4n) is 2.07. The van der Waals surface area contributed by atoms with Gasteiger partial charge in [-0.2, -0.15) is 0 Å². The van der Waals surface area contributed by atoms with E-state index in [9.17, 15) is 0 Å². The van der Waals surface area contributed by atoms with Gasteiger partial charge in [-0.05, 0) is 29.0 Å². The van der Waals surface area contributed by atoms with Crippen molar-refractivity contribution in [3.05, 3.63) is 40.1 Å². The molecule has 0 amide bonds. The van der Waals surface area contributed by atoms with E-state index in [2.05, 4.69) is 60.9 Å². The van der Waals surface area contributed by atoms with E-state index in [1.807, 2.05) is 7.05 Å². The summed E-state index contributed by atoms with van der Waals surface area (Å²) >= 11 is 5.17. The molecule has 3 aromatic rings. The Balaban J connectivity index is 2.19. The van der Waals surface area contributed by atoms with Crippen molar-refractivity contribution in [2.45, 2.75) is 6.54 Å². The molecule has 5 heteroatoms. The molecule has 0 saturated heterocycles. The van der Waals surface area contributed by atoms with E-state index >= 15 is 0 Å². The molecule has 3 rings (SSSR count). The van der Waals surface area contributed by atoms with E-state index in [1.165, 1.54) is 15.6 Å². The summed E-state index contributed by atoms with van der Waals surface area (Å²) in [6.07, 6.45) is 0. The predicted octanol–water partition coefficient (Wildman–Crippen LogP) is 3.77. The van der Waals surface area contributed by atoms with Gasteiger partial charge in [-0.15, -0.1) is 11.3 Å². The van der Waals surface area contributed by atoms with Crippen LogP contribution >= 0.6 is 27.3 Å². The molecule has 0 aliphatic rings. The van der Waals surface area contributed by atoms with Crippen molar-refractivity contribution >= 4 is 37.4 Å². The van der Waals surface area contributed by atoms with Crippen LogP contribution in [0.2, 0.25) is 0 Å². The Labute approximate surface area is 117 Å². The van der Waals surface area contributed by atoms with Gasteiger partial charge in [0.15, 0.2) is 4.73 Å². The lowest BCUT2D eigenvalue weighted by atomic mass is 10.1. The van der Waals surface area contributed by atoms with Crippen LogP contribution in [0.5, 0.6) is 0 Å². The van der Waals surface area contributed by atoms with Gasteiger partial charge in [0.1, 0.15) is 0 Å². The molecule has 0 spiro atoms. The SMILES string of the molecule is CNCc1[nH]c(Br)nc1-c1csc2ccccc12. The first-order chi connectivity index (χ1) is 8.79. The summed E-state index contributed by atoms with van der Waals surface area (Å²) in [5.41, 5.74) is 3.32. The maximum absolute atomic E-state index is 4.55. The maximum Gasteiger partial charge on any atom is 0.175 e. The van der Waals surface area contributed by atoms with Crippen molar-refractivity contribution in [1.82, 2.24) is 15.3 Å². The van der Waals surface area contributed by atoms with Gasteiger partial charge in [0.25, 0.3) is 0 Å². The first-order valence-electron chi connectivity index (χ1n) is 5.65. The number of imidazole rings is 1. The van der Waals surface area contributed by atoms with E-state index in [4.69, 9.17) is 0 Å². The fourth-order valence-corrected chi connectivity index (χ4v) is 3.43. The Bertz CT molecular complexity index is 686.